The van der Waals surface area contributed by atoms with Gasteiger partial charge in [-0.2, -0.15) is 4.98 Å². The first-order valence-electron chi connectivity index (χ1n) is 15.9. The molecule has 0 radical (unpaired) electrons. The van der Waals surface area contributed by atoms with Crippen molar-refractivity contribution in [2.45, 2.75) is 78.8 Å². The zero-order chi connectivity index (χ0) is 30.1. The summed E-state index contributed by atoms with van der Waals surface area (Å²) in [6, 6.07) is 5.02. The summed E-state index contributed by atoms with van der Waals surface area (Å²) in [4.78, 5) is 28.8. The average molecular weight is 581 g/mol. The second-order valence-corrected chi connectivity index (χ2v) is 11.5. The van der Waals surface area contributed by atoms with E-state index in [-0.39, 0.29) is 0 Å². The minimum Gasteiger partial charge on any atom is -0.383 e. The van der Waals surface area contributed by atoms with E-state index in [1.54, 1.807) is 13.4 Å². The van der Waals surface area contributed by atoms with Gasteiger partial charge in [0.1, 0.15) is 17.7 Å². The molecule has 0 unspecified atom stereocenters. The number of H-pyrrole nitrogens is 1. The van der Waals surface area contributed by atoms with Gasteiger partial charge in [0.15, 0.2) is 11.5 Å². The molecule has 42 heavy (non-hydrogen) atoms. The van der Waals surface area contributed by atoms with Crippen LogP contribution in [0.4, 0.5) is 23.3 Å². The van der Waals surface area contributed by atoms with Crippen molar-refractivity contribution in [2.24, 2.45) is 11.1 Å². The number of nitrogens with one attached hydrogen (secondary N) is 2. The van der Waals surface area contributed by atoms with E-state index in [0.717, 1.165) is 68.0 Å². The Morgan fingerprint density at radius 3 is 2.45 bits per heavy atom. The molecule has 6 rings (SSSR count). The van der Waals surface area contributed by atoms with Gasteiger partial charge in [-0.1, -0.05) is 34.1 Å². The highest BCUT2D eigenvalue weighted by Gasteiger charge is 2.46. The first kappa shape index (κ1) is 31.7. The number of pyridine rings is 1. The average Bonchev–Trinajstić information content (AvgIpc) is 3.42. The van der Waals surface area contributed by atoms with Crippen LogP contribution in [-0.2, 0) is 4.74 Å². The lowest BCUT2D eigenvalue weighted by molar-refractivity contribution is 0.0796. The Morgan fingerprint density at radius 2 is 1.81 bits per heavy atom. The third kappa shape index (κ3) is 7.23. The molecule has 3 fully saturated rings. The molecule has 11 heteroatoms. The summed E-state index contributed by atoms with van der Waals surface area (Å²) in [6.45, 7) is 16.5. The van der Waals surface area contributed by atoms with Crippen LogP contribution >= 0.6 is 0 Å². The van der Waals surface area contributed by atoms with Crippen molar-refractivity contribution < 1.29 is 4.74 Å². The Morgan fingerprint density at radius 1 is 1.10 bits per heavy atom. The summed E-state index contributed by atoms with van der Waals surface area (Å²) in [7, 11) is 1.72. The maximum atomic E-state index is 5.95. The molecule has 1 aliphatic carbocycles. The highest BCUT2D eigenvalue weighted by atomic mass is 16.5. The number of likely N-dealkylation sites (N-methyl/N-ethyl adjacent to an activating group) is 1. The second-order valence-electron chi connectivity index (χ2n) is 11.5. The molecule has 2 saturated heterocycles. The topological polar surface area (TPSA) is 124 Å². The predicted octanol–water partition coefficient (Wildman–Crippen LogP) is 4.67. The first-order chi connectivity index (χ1) is 20.5. The number of nitrogens with zero attached hydrogens (tertiary/aromatic N) is 7. The third-order valence-corrected chi connectivity index (χ3v) is 8.36. The van der Waals surface area contributed by atoms with E-state index < -0.39 is 0 Å². The monoisotopic (exact) mass is 580 g/mol. The summed E-state index contributed by atoms with van der Waals surface area (Å²) in [5.41, 5.74) is 9.20. The summed E-state index contributed by atoms with van der Waals surface area (Å²) in [6.07, 6.45) is 9.50. The van der Waals surface area contributed by atoms with E-state index in [1.807, 2.05) is 20.0 Å². The van der Waals surface area contributed by atoms with Crippen LogP contribution in [0, 0.1) is 5.41 Å². The number of ether oxygens (including phenoxy) is 1. The Bertz CT molecular complexity index is 1230. The van der Waals surface area contributed by atoms with Crippen LogP contribution in [0.1, 0.15) is 66.7 Å². The molecule has 11 nitrogen and oxygen atoms in total. The van der Waals surface area contributed by atoms with Gasteiger partial charge in [-0.3, -0.25) is 0 Å². The number of piperidine rings is 1. The molecule has 2 aliphatic heterocycles. The number of imidazole rings is 1. The molecular formula is C31H52N10O. The van der Waals surface area contributed by atoms with Gasteiger partial charge in [-0.15, -0.1) is 0 Å². The molecule has 5 heterocycles. The van der Waals surface area contributed by atoms with Crippen LogP contribution in [0.3, 0.4) is 0 Å². The third-order valence-electron chi connectivity index (χ3n) is 8.36. The van der Waals surface area contributed by atoms with Crippen molar-refractivity contribution in [3.8, 4) is 0 Å². The summed E-state index contributed by atoms with van der Waals surface area (Å²) < 4.78 is 5.28. The number of rotatable bonds is 9. The summed E-state index contributed by atoms with van der Waals surface area (Å²) >= 11 is 0. The second kappa shape index (κ2) is 14.8. The standard InChI is InChI=1S/C26H38N10O.C3H8.C2H6/c1-3-34(10-11-37-2)24-22-23(29-17-30-24)33-25(32-22)35-8-5-26(6-9-35)13-19(14-26)31-21-12-20(4-7-28-21)36-15-18(27)16-36;1-3-2;1-2/h4,7,12,17-19H,3,5-6,8-11,13-16,27H2,1-2H3,(H,28,31)(H,29,30,32,33);3H2,1-2H3;1-2H3. The fourth-order valence-electron chi connectivity index (χ4n) is 6.13. The van der Waals surface area contributed by atoms with E-state index in [4.69, 9.17) is 15.5 Å². The molecule has 0 atom stereocenters. The zero-order valence-corrected chi connectivity index (χ0v) is 26.6. The largest absolute Gasteiger partial charge is 0.383 e. The number of aromatic amines is 1. The highest BCUT2D eigenvalue weighted by Crippen LogP contribution is 2.50. The van der Waals surface area contributed by atoms with Gasteiger partial charge in [0.25, 0.3) is 0 Å². The molecule has 1 spiro atoms. The number of fused-ring (bicyclic) bond motifs is 1. The van der Waals surface area contributed by atoms with Crippen molar-refractivity contribution >= 4 is 34.4 Å². The zero-order valence-electron chi connectivity index (χ0n) is 26.6. The Balaban J connectivity index is 0.000000763. The number of aromatic nitrogens is 5. The normalized spacial score (nSPS) is 18.0. The molecule has 232 valence electrons. The van der Waals surface area contributed by atoms with Crippen molar-refractivity contribution in [3.63, 3.8) is 0 Å². The van der Waals surface area contributed by atoms with Gasteiger partial charge < -0.3 is 35.5 Å². The van der Waals surface area contributed by atoms with Crippen molar-refractivity contribution in [1.82, 2.24) is 24.9 Å². The molecule has 0 bridgehead atoms. The number of hydrogen-bond donors (Lipinski definition) is 3. The number of methoxy groups -OCH3 is 1. The molecule has 0 aromatic carbocycles. The van der Waals surface area contributed by atoms with Crippen molar-refractivity contribution in [3.05, 3.63) is 24.7 Å². The van der Waals surface area contributed by atoms with Crippen LogP contribution in [0.5, 0.6) is 0 Å². The maximum Gasteiger partial charge on any atom is 0.205 e. The van der Waals surface area contributed by atoms with Gasteiger partial charge in [-0.25, -0.2) is 15.0 Å². The van der Waals surface area contributed by atoms with Gasteiger partial charge in [0.05, 0.1) is 6.61 Å². The molecular weight excluding hydrogens is 528 g/mol. The lowest BCUT2D eigenvalue weighted by atomic mass is 9.60. The van der Waals surface area contributed by atoms with Crippen molar-refractivity contribution in [2.75, 3.05) is 73.0 Å². The highest BCUT2D eigenvalue weighted by molar-refractivity contribution is 5.85. The fraction of sp³-hybridized carbons (Fsp3) is 0.677. The van der Waals surface area contributed by atoms with Crippen LogP contribution < -0.4 is 25.8 Å². The van der Waals surface area contributed by atoms with Crippen LogP contribution in [-0.4, -0.2) is 90.0 Å². The molecule has 3 aromatic heterocycles. The number of hydrogen-bond acceptors (Lipinski definition) is 10. The maximum absolute atomic E-state index is 5.95. The lowest BCUT2D eigenvalue weighted by Crippen LogP contribution is -2.55. The fourth-order valence-corrected chi connectivity index (χ4v) is 6.13. The van der Waals surface area contributed by atoms with E-state index in [9.17, 15) is 0 Å². The SMILES string of the molecule is CC.CCC.CCN(CCOC)c1ncnc2nc(N3CCC4(CC3)CC(Nc3cc(N5CC(N)C5)ccn3)C4)[nH]c12. The molecule has 4 N–H and O–H groups in total. The van der Waals surface area contributed by atoms with E-state index >= 15 is 0 Å². The number of nitrogens with two attached hydrogens (primary N) is 1. The molecule has 3 aromatic rings. The van der Waals surface area contributed by atoms with Gasteiger partial charge in [-0.05, 0) is 44.1 Å². The van der Waals surface area contributed by atoms with Crippen LogP contribution in [0.15, 0.2) is 24.7 Å². The summed E-state index contributed by atoms with van der Waals surface area (Å²) in [5, 5.41) is 3.67. The summed E-state index contributed by atoms with van der Waals surface area (Å²) in [5.74, 6) is 2.76. The van der Waals surface area contributed by atoms with Gasteiger partial charge >= 0.3 is 0 Å². The molecule has 0 amide bonds. The predicted molar refractivity (Wildman–Crippen MR) is 174 cm³/mol. The van der Waals surface area contributed by atoms with Crippen LogP contribution in [0.2, 0.25) is 0 Å². The van der Waals surface area contributed by atoms with E-state index in [0.29, 0.717) is 24.1 Å². The first-order valence-corrected chi connectivity index (χ1v) is 15.9. The molecule has 3 aliphatic rings. The minimum atomic E-state index is 0.295. The van der Waals surface area contributed by atoms with Gasteiger partial charge in [0, 0.05) is 76.4 Å². The molecule has 1 saturated carbocycles. The van der Waals surface area contributed by atoms with E-state index in [1.165, 1.54) is 37.8 Å². The number of anilines is 4. The van der Waals surface area contributed by atoms with Crippen molar-refractivity contribution in [1.29, 1.82) is 0 Å². The Kier molecular flexibility index (Phi) is 11.2. The minimum absolute atomic E-state index is 0.295. The van der Waals surface area contributed by atoms with Gasteiger partial charge in [0.2, 0.25) is 5.95 Å². The Hall–Kier alpha value is -3.18. The van der Waals surface area contributed by atoms with Crippen LogP contribution in [0.25, 0.3) is 11.2 Å². The quantitative estimate of drug-likeness (QED) is 0.329. The smallest absolute Gasteiger partial charge is 0.205 e. The Labute approximate surface area is 251 Å². The van der Waals surface area contributed by atoms with E-state index in [2.05, 4.69) is 72.9 Å². The lowest BCUT2D eigenvalue weighted by Gasteiger charge is -2.52.